The number of hydrogen-bond acceptors (Lipinski definition) is 3. The summed E-state index contributed by atoms with van der Waals surface area (Å²) in [4.78, 5) is 7.92. The van der Waals surface area contributed by atoms with Crippen molar-refractivity contribution in [1.29, 1.82) is 0 Å². The fourth-order valence-corrected chi connectivity index (χ4v) is 2.46. The molecule has 0 aliphatic carbocycles. The first-order valence-corrected chi connectivity index (χ1v) is 9.53. The molecular formula is C20H25BrF3N3. The topological polar surface area (TPSA) is 37.3 Å². The summed E-state index contributed by atoms with van der Waals surface area (Å²) in [5, 5.41) is 2.94. The largest absolute Gasteiger partial charge is 0.416 e. The first-order chi connectivity index (χ1) is 12.8. The van der Waals surface area contributed by atoms with E-state index in [0.717, 1.165) is 34.4 Å². The molecule has 1 aromatic heterocycles. The molecule has 0 spiro atoms. The molecule has 1 heterocycles. The van der Waals surface area contributed by atoms with E-state index in [0.29, 0.717) is 5.69 Å². The number of anilines is 2. The van der Waals surface area contributed by atoms with E-state index in [-0.39, 0.29) is 0 Å². The smallest absolute Gasteiger partial charge is 0.355 e. The van der Waals surface area contributed by atoms with Gasteiger partial charge in [0.2, 0.25) is 0 Å². The SMILES string of the molecule is CCCCCC(Br)=NC.Cc1cnccc1Nc1cccc(C(F)(F)F)c1. The second-order valence-corrected chi connectivity index (χ2v) is 6.87. The van der Waals surface area contributed by atoms with Gasteiger partial charge in [0, 0.05) is 30.8 Å². The van der Waals surface area contributed by atoms with Gasteiger partial charge in [-0.1, -0.05) is 25.8 Å². The van der Waals surface area contributed by atoms with E-state index in [1.165, 1.54) is 25.3 Å². The molecule has 148 valence electrons. The fraction of sp³-hybridized carbons (Fsp3) is 0.400. The Morgan fingerprint density at radius 2 is 1.96 bits per heavy atom. The Morgan fingerprint density at radius 3 is 2.56 bits per heavy atom. The molecule has 27 heavy (non-hydrogen) atoms. The monoisotopic (exact) mass is 443 g/mol. The number of alkyl halides is 3. The van der Waals surface area contributed by atoms with Gasteiger partial charge in [0.25, 0.3) is 0 Å². The van der Waals surface area contributed by atoms with Gasteiger partial charge < -0.3 is 5.32 Å². The molecule has 0 bridgehead atoms. The molecule has 0 atom stereocenters. The predicted octanol–water partition coefficient (Wildman–Crippen LogP) is 7.14. The number of halogens is 4. The fourth-order valence-electron chi connectivity index (χ4n) is 2.18. The highest BCUT2D eigenvalue weighted by Crippen LogP contribution is 2.31. The maximum absolute atomic E-state index is 12.5. The Kier molecular flexibility index (Phi) is 10.1. The van der Waals surface area contributed by atoms with E-state index in [2.05, 4.69) is 38.1 Å². The lowest BCUT2D eigenvalue weighted by Crippen LogP contribution is -2.05. The van der Waals surface area contributed by atoms with Crippen LogP contribution < -0.4 is 5.32 Å². The van der Waals surface area contributed by atoms with Crippen LogP contribution in [0.3, 0.4) is 0 Å². The number of pyridine rings is 1. The van der Waals surface area contributed by atoms with Crippen molar-refractivity contribution in [3.05, 3.63) is 53.9 Å². The highest BCUT2D eigenvalue weighted by Gasteiger charge is 2.30. The average Bonchev–Trinajstić information content (AvgIpc) is 2.64. The van der Waals surface area contributed by atoms with Crippen LogP contribution in [0.2, 0.25) is 0 Å². The second kappa shape index (κ2) is 11.7. The summed E-state index contributed by atoms with van der Waals surface area (Å²) in [6.45, 7) is 4.04. The van der Waals surface area contributed by atoms with Crippen molar-refractivity contribution in [2.45, 2.75) is 45.7 Å². The number of aromatic nitrogens is 1. The standard InChI is InChI=1S/C13H11F3N2.C7H14BrN/c1-9-8-17-6-5-12(9)18-11-4-2-3-10(7-11)13(14,15)16;1-3-4-5-6-7(8)9-2/h2-8H,1H3,(H,17,18);3-6H2,1-2H3. The Morgan fingerprint density at radius 1 is 1.22 bits per heavy atom. The molecule has 0 amide bonds. The summed E-state index contributed by atoms with van der Waals surface area (Å²) in [6.07, 6.45) is 3.86. The van der Waals surface area contributed by atoms with Crippen molar-refractivity contribution in [2.24, 2.45) is 4.99 Å². The zero-order valence-electron chi connectivity index (χ0n) is 15.8. The number of hydrogen-bond donors (Lipinski definition) is 1. The van der Waals surface area contributed by atoms with E-state index in [9.17, 15) is 13.2 Å². The van der Waals surface area contributed by atoms with Gasteiger partial charge in [-0.15, -0.1) is 0 Å². The zero-order chi connectivity index (χ0) is 20.3. The normalized spacial score (nSPS) is 11.6. The minimum atomic E-state index is -4.33. The van der Waals surface area contributed by atoms with Crippen LogP contribution in [-0.2, 0) is 6.18 Å². The molecule has 3 nitrogen and oxygen atoms in total. The van der Waals surface area contributed by atoms with Crippen LogP contribution in [0.5, 0.6) is 0 Å². The molecule has 0 saturated carbocycles. The number of nitrogens with zero attached hydrogens (tertiary/aromatic N) is 2. The number of aliphatic imine (C=N–C) groups is 1. The second-order valence-electron chi connectivity index (χ2n) is 5.95. The third kappa shape index (κ3) is 9.04. The summed E-state index contributed by atoms with van der Waals surface area (Å²) in [7, 11) is 1.82. The third-order valence-electron chi connectivity index (χ3n) is 3.72. The predicted molar refractivity (Wildman–Crippen MR) is 110 cm³/mol. The number of nitrogens with one attached hydrogen (secondary N) is 1. The number of aryl methyl sites for hydroxylation is 1. The Balaban J connectivity index is 0.000000345. The molecule has 0 fully saturated rings. The van der Waals surface area contributed by atoms with E-state index >= 15 is 0 Å². The molecule has 0 aliphatic rings. The summed E-state index contributed by atoms with van der Waals surface area (Å²) in [5.41, 5.74) is 1.34. The molecule has 7 heteroatoms. The third-order valence-corrected chi connectivity index (χ3v) is 4.47. The molecule has 0 radical (unpaired) electrons. The van der Waals surface area contributed by atoms with Gasteiger partial charge in [0.15, 0.2) is 0 Å². The molecule has 0 unspecified atom stereocenters. The van der Waals surface area contributed by atoms with Gasteiger partial charge in [0.1, 0.15) is 0 Å². The van der Waals surface area contributed by atoms with Crippen molar-refractivity contribution < 1.29 is 13.2 Å². The first-order valence-electron chi connectivity index (χ1n) is 8.74. The van der Waals surface area contributed by atoms with Gasteiger partial charge in [-0.05, 0) is 65.5 Å². The Hall–Kier alpha value is -1.89. The van der Waals surface area contributed by atoms with Gasteiger partial charge >= 0.3 is 6.18 Å². The summed E-state index contributed by atoms with van der Waals surface area (Å²) in [6, 6.07) is 6.82. The molecule has 0 saturated heterocycles. The molecule has 2 aromatic rings. The van der Waals surface area contributed by atoms with E-state index in [4.69, 9.17) is 0 Å². The molecule has 0 aliphatic heterocycles. The Labute approximate surface area is 167 Å². The minimum absolute atomic E-state index is 0.402. The Bertz CT molecular complexity index is 730. The van der Waals surface area contributed by atoms with Crippen LogP contribution in [0, 0.1) is 6.92 Å². The number of rotatable bonds is 6. The lowest BCUT2D eigenvalue weighted by Gasteiger charge is -2.11. The van der Waals surface area contributed by atoms with Crippen LogP contribution in [0.15, 0.2) is 47.7 Å². The van der Waals surface area contributed by atoms with Crippen LogP contribution >= 0.6 is 15.9 Å². The molecular weight excluding hydrogens is 419 g/mol. The van der Waals surface area contributed by atoms with Crippen molar-refractivity contribution in [3.8, 4) is 0 Å². The van der Waals surface area contributed by atoms with Crippen molar-refractivity contribution in [2.75, 3.05) is 12.4 Å². The van der Waals surface area contributed by atoms with E-state index in [1.807, 2.05) is 14.0 Å². The van der Waals surface area contributed by atoms with Crippen LogP contribution in [0.4, 0.5) is 24.5 Å². The average molecular weight is 444 g/mol. The quantitative estimate of drug-likeness (QED) is 0.380. The summed E-state index contributed by atoms with van der Waals surface area (Å²) >= 11 is 3.36. The van der Waals surface area contributed by atoms with Gasteiger partial charge in [-0.25, -0.2) is 0 Å². The number of unbranched alkanes of at least 4 members (excludes halogenated alkanes) is 2. The van der Waals surface area contributed by atoms with E-state index < -0.39 is 11.7 Å². The van der Waals surface area contributed by atoms with Gasteiger partial charge in [0.05, 0.1) is 10.2 Å². The lowest BCUT2D eigenvalue weighted by molar-refractivity contribution is -0.137. The molecule has 1 aromatic carbocycles. The van der Waals surface area contributed by atoms with Crippen LogP contribution in [0.1, 0.15) is 43.7 Å². The number of benzene rings is 1. The van der Waals surface area contributed by atoms with Gasteiger partial charge in [-0.3, -0.25) is 9.98 Å². The highest BCUT2D eigenvalue weighted by atomic mass is 79.9. The summed E-state index contributed by atoms with van der Waals surface area (Å²) in [5.74, 6) is 0. The lowest BCUT2D eigenvalue weighted by atomic mass is 10.2. The van der Waals surface area contributed by atoms with Crippen molar-refractivity contribution in [1.82, 2.24) is 4.98 Å². The van der Waals surface area contributed by atoms with E-state index in [1.54, 1.807) is 24.5 Å². The van der Waals surface area contributed by atoms with Crippen molar-refractivity contribution in [3.63, 3.8) is 0 Å². The maximum Gasteiger partial charge on any atom is 0.416 e. The van der Waals surface area contributed by atoms with Gasteiger partial charge in [-0.2, -0.15) is 13.2 Å². The maximum atomic E-state index is 12.5. The molecule has 2 rings (SSSR count). The minimum Gasteiger partial charge on any atom is -0.355 e. The summed E-state index contributed by atoms with van der Waals surface area (Å²) < 4.78 is 38.7. The van der Waals surface area contributed by atoms with Crippen LogP contribution in [0.25, 0.3) is 0 Å². The van der Waals surface area contributed by atoms with Crippen LogP contribution in [-0.4, -0.2) is 16.7 Å². The first kappa shape index (κ1) is 23.1. The van der Waals surface area contributed by atoms with Crippen molar-refractivity contribution >= 4 is 31.9 Å². The molecule has 1 N–H and O–H groups in total. The zero-order valence-corrected chi connectivity index (χ0v) is 17.4. The highest BCUT2D eigenvalue weighted by molar-refractivity contribution is 9.18.